The Morgan fingerprint density at radius 2 is 0.519 bits per heavy atom. The van der Waals surface area contributed by atoms with E-state index in [1.54, 1.807) is 0 Å². The van der Waals surface area contributed by atoms with Crippen molar-refractivity contribution < 1.29 is 80.2 Å². The molecule has 17 nitrogen and oxygen atoms in total. The van der Waals surface area contributed by atoms with Crippen LogP contribution in [0.3, 0.4) is 0 Å². The van der Waals surface area contributed by atoms with E-state index in [0.29, 0.717) is 43.4 Å². The maximum absolute atomic E-state index is 12.9. The fraction of sp³-hybridized carbons (Fsp3) is 0.935. The molecular formula is C62H120O17P2. The molecule has 0 saturated heterocycles. The Morgan fingerprint density at radius 1 is 0.309 bits per heavy atom. The molecule has 19 heteroatoms. The van der Waals surface area contributed by atoms with Gasteiger partial charge < -0.3 is 33.8 Å². The third kappa shape index (κ3) is 56.9. The highest BCUT2D eigenvalue weighted by Crippen LogP contribution is 2.45. The maximum atomic E-state index is 12.9. The molecule has 5 atom stereocenters. The molecule has 0 heterocycles. The lowest BCUT2D eigenvalue weighted by Gasteiger charge is -2.21. The van der Waals surface area contributed by atoms with Crippen LogP contribution in [0.1, 0.15) is 293 Å². The van der Waals surface area contributed by atoms with Crippen molar-refractivity contribution in [1.82, 2.24) is 0 Å². The lowest BCUT2D eigenvalue weighted by molar-refractivity contribution is -0.161. The lowest BCUT2D eigenvalue weighted by Crippen LogP contribution is -2.30. The number of aliphatic hydroxyl groups excluding tert-OH is 1. The quantitative estimate of drug-likeness (QED) is 0.0222. The molecule has 2 unspecified atom stereocenters. The predicted octanol–water partition coefficient (Wildman–Crippen LogP) is 16.6. The molecule has 3 N–H and O–H groups in total. The van der Waals surface area contributed by atoms with Crippen LogP contribution in [0.25, 0.3) is 0 Å². The van der Waals surface area contributed by atoms with E-state index in [0.717, 1.165) is 109 Å². The van der Waals surface area contributed by atoms with Gasteiger partial charge in [-0.15, -0.1) is 0 Å². The van der Waals surface area contributed by atoms with Crippen molar-refractivity contribution in [3.8, 4) is 0 Å². The highest BCUT2D eigenvalue weighted by atomic mass is 31.2. The second kappa shape index (κ2) is 52.4. The predicted molar refractivity (Wildman–Crippen MR) is 321 cm³/mol. The van der Waals surface area contributed by atoms with Gasteiger partial charge in [-0.2, -0.15) is 0 Å². The van der Waals surface area contributed by atoms with Gasteiger partial charge in [0.2, 0.25) is 0 Å². The van der Waals surface area contributed by atoms with Crippen LogP contribution in [-0.4, -0.2) is 96.7 Å². The van der Waals surface area contributed by atoms with Gasteiger partial charge in [0.05, 0.1) is 26.4 Å². The number of esters is 4. The molecule has 0 aliphatic heterocycles. The summed E-state index contributed by atoms with van der Waals surface area (Å²) in [5, 5.41) is 10.5. The smallest absolute Gasteiger partial charge is 0.462 e. The summed E-state index contributed by atoms with van der Waals surface area (Å²) in [5.74, 6) is 0.645. The molecule has 0 spiro atoms. The maximum Gasteiger partial charge on any atom is 0.472 e. The molecule has 0 amide bonds. The number of phosphoric ester groups is 2. The van der Waals surface area contributed by atoms with E-state index in [-0.39, 0.29) is 25.7 Å². The molecule has 0 aliphatic rings. The van der Waals surface area contributed by atoms with Crippen LogP contribution in [0.2, 0.25) is 0 Å². The Kier molecular flexibility index (Phi) is 51.1. The number of rotatable bonds is 59. The highest BCUT2D eigenvalue weighted by molar-refractivity contribution is 7.47. The van der Waals surface area contributed by atoms with Gasteiger partial charge in [-0.05, 0) is 49.4 Å². The minimum atomic E-state index is -4.94. The van der Waals surface area contributed by atoms with Crippen molar-refractivity contribution in [2.45, 2.75) is 311 Å². The van der Waals surface area contributed by atoms with Crippen molar-refractivity contribution in [1.29, 1.82) is 0 Å². The van der Waals surface area contributed by atoms with E-state index in [9.17, 15) is 43.2 Å². The number of ether oxygens (including phenoxy) is 4. The summed E-state index contributed by atoms with van der Waals surface area (Å²) in [6.45, 7) is 13.8. The number of hydrogen-bond acceptors (Lipinski definition) is 15. The first-order valence-electron chi connectivity index (χ1n) is 32.2. The Hall–Kier alpha value is -1.94. The third-order valence-electron chi connectivity index (χ3n) is 14.1. The van der Waals surface area contributed by atoms with Crippen LogP contribution in [0.4, 0.5) is 0 Å². The zero-order valence-corrected chi connectivity index (χ0v) is 54.2. The first-order valence-corrected chi connectivity index (χ1v) is 35.2. The molecule has 0 aromatic heterocycles. The van der Waals surface area contributed by atoms with Gasteiger partial charge in [0, 0.05) is 25.7 Å². The van der Waals surface area contributed by atoms with Crippen LogP contribution in [0, 0.1) is 23.7 Å². The first kappa shape index (κ1) is 79.1. The summed E-state index contributed by atoms with van der Waals surface area (Å²) in [7, 11) is -9.88. The summed E-state index contributed by atoms with van der Waals surface area (Å²) < 4.78 is 67.8. The number of unbranched alkanes of at least 4 members (excludes halogenated alkanes) is 25. The number of aliphatic hydroxyl groups is 1. The molecule has 0 aliphatic carbocycles. The fourth-order valence-electron chi connectivity index (χ4n) is 9.08. The molecule has 0 aromatic rings. The Bertz CT molecular complexity index is 1630. The number of carbonyl (C=O) groups is 4. The van der Waals surface area contributed by atoms with E-state index < -0.39 is 97.5 Å². The Labute approximate surface area is 492 Å². The minimum Gasteiger partial charge on any atom is -0.462 e. The Balaban J connectivity index is 5.23. The SMILES string of the molecule is CC(C)CCCCCCCCCCCCCC(=O)O[C@H](COC(=O)CCCCCCCCC(C)C)COP(=O)(O)OC[C@H](O)COP(=O)(O)OC[C@@H](COC(=O)CCCCCCCCC(C)C)OC(=O)CCCCCCCCC(C)C. The summed E-state index contributed by atoms with van der Waals surface area (Å²) in [5.41, 5.74) is 0. The molecule has 480 valence electrons. The summed E-state index contributed by atoms with van der Waals surface area (Å²) in [6, 6.07) is 0. The first-order chi connectivity index (χ1) is 38.6. The molecule has 0 saturated carbocycles. The van der Waals surface area contributed by atoms with Crippen molar-refractivity contribution in [2.24, 2.45) is 23.7 Å². The van der Waals surface area contributed by atoms with Crippen LogP contribution < -0.4 is 0 Å². The van der Waals surface area contributed by atoms with Gasteiger partial charge in [-0.1, -0.05) is 242 Å². The Morgan fingerprint density at radius 3 is 0.765 bits per heavy atom. The van der Waals surface area contributed by atoms with Gasteiger partial charge in [0.15, 0.2) is 12.2 Å². The lowest BCUT2D eigenvalue weighted by atomic mass is 10.0. The molecule has 81 heavy (non-hydrogen) atoms. The van der Waals surface area contributed by atoms with E-state index in [1.165, 1.54) is 83.5 Å². The number of phosphoric acid groups is 2. The van der Waals surface area contributed by atoms with Gasteiger partial charge in [-0.25, -0.2) is 9.13 Å². The van der Waals surface area contributed by atoms with Crippen molar-refractivity contribution in [2.75, 3.05) is 39.6 Å². The second-order valence-corrected chi connectivity index (χ2v) is 27.3. The monoisotopic (exact) mass is 1200 g/mol. The normalized spacial score (nSPS) is 14.5. The summed E-state index contributed by atoms with van der Waals surface area (Å²) in [6.07, 6.45) is 31.2. The van der Waals surface area contributed by atoms with Gasteiger partial charge in [0.25, 0.3) is 0 Å². The van der Waals surface area contributed by atoms with E-state index in [1.807, 2.05) is 0 Å². The third-order valence-corrected chi connectivity index (χ3v) is 16.0. The zero-order chi connectivity index (χ0) is 60.4. The largest absolute Gasteiger partial charge is 0.472 e. The molecule has 0 bridgehead atoms. The van der Waals surface area contributed by atoms with Crippen LogP contribution in [0.15, 0.2) is 0 Å². The highest BCUT2D eigenvalue weighted by Gasteiger charge is 2.30. The zero-order valence-electron chi connectivity index (χ0n) is 52.4. The van der Waals surface area contributed by atoms with Crippen molar-refractivity contribution in [3.63, 3.8) is 0 Å². The summed E-state index contributed by atoms with van der Waals surface area (Å²) >= 11 is 0. The van der Waals surface area contributed by atoms with E-state index in [4.69, 9.17) is 37.0 Å². The summed E-state index contributed by atoms with van der Waals surface area (Å²) in [4.78, 5) is 72.0. The molecule has 0 fully saturated rings. The average molecular weight is 1200 g/mol. The topological polar surface area (TPSA) is 237 Å². The molecule has 0 radical (unpaired) electrons. The molecular weight excluding hydrogens is 1080 g/mol. The standard InChI is InChI=1S/C62H120O17P2/c1-52(2)38-30-22-14-12-10-9-11-13-15-28-36-44-61(66)78-57(48-72-59(64)42-34-26-19-16-23-31-39-53(3)4)50-76-80(68,69)74-46-56(63)47-75-81(70,71)77-51-58(79-62(67)45-37-29-21-18-25-33-41-55(7)8)49-73-60(65)43-35-27-20-17-24-32-40-54(5)6/h52-58,63H,9-51H2,1-8H3,(H,68,69)(H,70,71)/t56-,57+,58+/m0/s1. The molecule has 0 rings (SSSR count). The fourth-order valence-corrected chi connectivity index (χ4v) is 10.7. The second-order valence-electron chi connectivity index (χ2n) is 24.3. The van der Waals surface area contributed by atoms with Gasteiger partial charge in [0.1, 0.15) is 19.3 Å². The van der Waals surface area contributed by atoms with E-state index >= 15 is 0 Å². The van der Waals surface area contributed by atoms with Crippen molar-refractivity contribution >= 4 is 39.5 Å². The number of carbonyl (C=O) groups excluding carboxylic acids is 4. The van der Waals surface area contributed by atoms with Gasteiger partial charge >= 0.3 is 39.5 Å². The average Bonchev–Trinajstić information content (AvgIpc) is 3.40. The minimum absolute atomic E-state index is 0.100. The van der Waals surface area contributed by atoms with Crippen molar-refractivity contribution in [3.05, 3.63) is 0 Å². The van der Waals surface area contributed by atoms with Crippen LogP contribution in [0.5, 0.6) is 0 Å². The molecule has 0 aromatic carbocycles. The van der Waals surface area contributed by atoms with E-state index in [2.05, 4.69) is 55.4 Å². The van der Waals surface area contributed by atoms with Crippen LogP contribution >= 0.6 is 15.6 Å². The van der Waals surface area contributed by atoms with Gasteiger partial charge in [-0.3, -0.25) is 37.3 Å². The number of hydrogen-bond donors (Lipinski definition) is 3. The van der Waals surface area contributed by atoms with Crippen LogP contribution in [-0.2, 0) is 65.4 Å².